The Bertz CT molecular complexity index is 1170. The molecule has 2 N–H and O–H groups in total. The number of hydrogen-bond acceptors (Lipinski definition) is 5. The van der Waals surface area contributed by atoms with E-state index >= 15 is 0 Å². The lowest BCUT2D eigenvalue weighted by atomic mass is 10.2. The minimum atomic E-state index is 0.499. The van der Waals surface area contributed by atoms with Crippen molar-refractivity contribution >= 4 is 39.5 Å². The Hall–Kier alpha value is -2.57. The highest BCUT2D eigenvalue weighted by atomic mass is 32.2. The second-order valence-electron chi connectivity index (χ2n) is 7.72. The first-order valence-electron chi connectivity index (χ1n) is 11.0. The molecule has 0 atom stereocenters. The average molecular weight is 435 g/mol. The summed E-state index contributed by atoms with van der Waals surface area (Å²) < 4.78 is 8.27. The molecular formula is C25H30N4OS. The van der Waals surface area contributed by atoms with Gasteiger partial charge in [-0.15, -0.1) is 11.8 Å². The summed E-state index contributed by atoms with van der Waals surface area (Å²) in [4.78, 5) is 10.7. The molecule has 0 unspecified atom stereocenters. The van der Waals surface area contributed by atoms with Gasteiger partial charge in [0.2, 0.25) is 0 Å². The summed E-state index contributed by atoms with van der Waals surface area (Å²) in [5.41, 5.74) is 10.4. The summed E-state index contributed by atoms with van der Waals surface area (Å²) in [5.74, 6) is 2.62. The number of anilines is 1. The number of thioether (sulfide) groups is 1. The molecule has 162 valence electrons. The fourth-order valence-corrected chi connectivity index (χ4v) is 4.83. The normalized spacial score (nSPS) is 11.5. The molecule has 0 bridgehead atoms. The Morgan fingerprint density at radius 3 is 2.68 bits per heavy atom. The van der Waals surface area contributed by atoms with Crippen molar-refractivity contribution in [1.29, 1.82) is 0 Å². The zero-order valence-corrected chi connectivity index (χ0v) is 19.1. The molecule has 4 aromatic rings. The molecule has 0 amide bonds. The molecule has 0 saturated heterocycles. The molecule has 0 fully saturated rings. The quantitative estimate of drug-likeness (QED) is 0.259. The van der Waals surface area contributed by atoms with Crippen LogP contribution in [0, 0.1) is 6.92 Å². The summed E-state index contributed by atoms with van der Waals surface area (Å²) in [6.45, 7) is 6.52. The van der Waals surface area contributed by atoms with Crippen LogP contribution in [0.25, 0.3) is 21.9 Å². The van der Waals surface area contributed by atoms with Gasteiger partial charge in [0, 0.05) is 35.6 Å². The number of nitrogens with two attached hydrogens (primary N) is 1. The van der Waals surface area contributed by atoms with Crippen LogP contribution >= 0.6 is 11.8 Å². The minimum Gasteiger partial charge on any atom is -0.382 e. The van der Waals surface area contributed by atoms with Gasteiger partial charge in [-0.05, 0) is 37.5 Å². The fourth-order valence-electron chi connectivity index (χ4n) is 3.88. The van der Waals surface area contributed by atoms with Crippen molar-refractivity contribution in [3.63, 3.8) is 0 Å². The van der Waals surface area contributed by atoms with E-state index in [1.807, 2.05) is 30.0 Å². The number of aryl methyl sites for hydroxylation is 2. The first-order chi connectivity index (χ1) is 15.2. The van der Waals surface area contributed by atoms with Gasteiger partial charge in [0.05, 0.1) is 17.6 Å². The van der Waals surface area contributed by atoms with Crippen LogP contribution in [0.1, 0.15) is 31.2 Å². The maximum Gasteiger partial charge on any atom is 0.152 e. The molecular weight excluding hydrogens is 404 g/mol. The maximum atomic E-state index is 6.25. The molecule has 0 aliphatic heterocycles. The van der Waals surface area contributed by atoms with Crippen molar-refractivity contribution in [2.24, 2.45) is 0 Å². The van der Waals surface area contributed by atoms with E-state index in [0.717, 1.165) is 65.9 Å². The summed E-state index contributed by atoms with van der Waals surface area (Å²) in [7, 11) is 0. The van der Waals surface area contributed by atoms with E-state index in [1.165, 1.54) is 10.5 Å². The van der Waals surface area contributed by atoms with Crippen molar-refractivity contribution in [3.05, 3.63) is 59.9 Å². The van der Waals surface area contributed by atoms with Gasteiger partial charge in [-0.1, -0.05) is 43.3 Å². The molecule has 0 aliphatic carbocycles. The second kappa shape index (κ2) is 10.2. The number of ether oxygens (including phenoxy) is 1. The third-order valence-electron chi connectivity index (χ3n) is 5.41. The lowest BCUT2D eigenvalue weighted by Gasteiger charge is -2.11. The molecule has 31 heavy (non-hydrogen) atoms. The van der Waals surface area contributed by atoms with E-state index in [4.69, 9.17) is 15.5 Å². The molecule has 5 nitrogen and oxygen atoms in total. The van der Waals surface area contributed by atoms with E-state index in [0.29, 0.717) is 12.4 Å². The second-order valence-corrected chi connectivity index (χ2v) is 8.86. The highest BCUT2D eigenvalue weighted by Crippen LogP contribution is 2.29. The first kappa shape index (κ1) is 21.7. The van der Waals surface area contributed by atoms with Gasteiger partial charge in [0.25, 0.3) is 0 Å². The average Bonchev–Trinajstić information content (AvgIpc) is 3.14. The van der Waals surface area contributed by atoms with Crippen molar-refractivity contribution in [2.75, 3.05) is 24.7 Å². The number of nitrogen functional groups attached to an aromatic ring is 1. The molecule has 0 spiro atoms. The van der Waals surface area contributed by atoms with Crippen LogP contribution < -0.4 is 5.73 Å². The predicted molar refractivity (Wildman–Crippen MR) is 131 cm³/mol. The van der Waals surface area contributed by atoms with E-state index in [2.05, 4.69) is 53.7 Å². The van der Waals surface area contributed by atoms with Crippen molar-refractivity contribution < 1.29 is 4.74 Å². The van der Waals surface area contributed by atoms with Crippen LogP contribution in [0.5, 0.6) is 0 Å². The van der Waals surface area contributed by atoms with Crippen LogP contribution in [0.15, 0.2) is 53.4 Å². The van der Waals surface area contributed by atoms with Crippen molar-refractivity contribution in [3.8, 4) is 0 Å². The Morgan fingerprint density at radius 1 is 1.03 bits per heavy atom. The van der Waals surface area contributed by atoms with E-state index in [9.17, 15) is 0 Å². The Balaban J connectivity index is 1.41. The third kappa shape index (κ3) is 4.86. The third-order valence-corrected chi connectivity index (χ3v) is 6.67. The maximum absolute atomic E-state index is 6.25. The van der Waals surface area contributed by atoms with Gasteiger partial charge in [0.1, 0.15) is 11.3 Å². The van der Waals surface area contributed by atoms with Gasteiger partial charge >= 0.3 is 0 Å². The molecule has 0 saturated carbocycles. The Labute approximate surface area is 188 Å². The van der Waals surface area contributed by atoms with E-state index in [-0.39, 0.29) is 0 Å². The van der Waals surface area contributed by atoms with Crippen LogP contribution in [0.2, 0.25) is 0 Å². The smallest absolute Gasteiger partial charge is 0.152 e. The molecule has 4 rings (SSSR count). The molecule has 0 radical (unpaired) electrons. The Kier molecular flexibility index (Phi) is 7.10. The van der Waals surface area contributed by atoms with Crippen LogP contribution in [0.3, 0.4) is 0 Å². The number of para-hydroxylation sites is 1. The summed E-state index contributed by atoms with van der Waals surface area (Å²) in [6.07, 6.45) is 2.98. The molecule has 2 aromatic carbocycles. The van der Waals surface area contributed by atoms with Gasteiger partial charge in [-0.2, -0.15) is 0 Å². The highest BCUT2D eigenvalue weighted by molar-refractivity contribution is 7.99. The number of pyridine rings is 1. The SMILES string of the molecule is CCCc1nc2c(N)nc3ccccc3c2n1CCOCCCSc1ccccc1C. The van der Waals surface area contributed by atoms with Crippen LogP contribution in [-0.2, 0) is 17.7 Å². The summed E-state index contributed by atoms with van der Waals surface area (Å²) in [6, 6.07) is 16.7. The number of fused-ring (bicyclic) bond motifs is 3. The summed E-state index contributed by atoms with van der Waals surface area (Å²) >= 11 is 1.90. The largest absolute Gasteiger partial charge is 0.382 e. The van der Waals surface area contributed by atoms with E-state index in [1.54, 1.807) is 0 Å². The first-order valence-corrected chi connectivity index (χ1v) is 12.0. The van der Waals surface area contributed by atoms with Crippen molar-refractivity contribution in [1.82, 2.24) is 14.5 Å². The molecule has 2 aromatic heterocycles. The van der Waals surface area contributed by atoms with Gasteiger partial charge in [-0.25, -0.2) is 9.97 Å². The minimum absolute atomic E-state index is 0.499. The summed E-state index contributed by atoms with van der Waals surface area (Å²) in [5, 5.41) is 1.09. The fraction of sp³-hybridized carbons (Fsp3) is 0.360. The molecule has 0 aliphatic rings. The van der Waals surface area contributed by atoms with Crippen molar-refractivity contribution in [2.45, 2.75) is 44.6 Å². The molecule has 2 heterocycles. The molecule has 6 heteroatoms. The van der Waals surface area contributed by atoms with Gasteiger partial charge < -0.3 is 15.0 Å². The topological polar surface area (TPSA) is 66.0 Å². The number of rotatable bonds is 10. The standard InChI is InChI=1S/C25H30N4OS/c1-3-9-22-28-23-24(19-11-5-6-12-20(19)27-25(23)26)29(22)14-16-30-15-8-17-31-21-13-7-4-10-18(21)2/h4-7,10-13H,3,8-9,14-17H2,1-2H3,(H2,26,27). The Morgan fingerprint density at radius 2 is 1.84 bits per heavy atom. The number of aromatic nitrogens is 3. The zero-order valence-electron chi connectivity index (χ0n) is 18.3. The predicted octanol–water partition coefficient (Wildman–Crippen LogP) is 5.63. The van der Waals surface area contributed by atoms with Gasteiger partial charge in [-0.3, -0.25) is 0 Å². The lowest BCUT2D eigenvalue weighted by molar-refractivity contribution is 0.127. The lowest BCUT2D eigenvalue weighted by Crippen LogP contribution is -2.10. The highest BCUT2D eigenvalue weighted by Gasteiger charge is 2.16. The zero-order chi connectivity index (χ0) is 21.6. The number of hydrogen-bond donors (Lipinski definition) is 1. The monoisotopic (exact) mass is 434 g/mol. The number of benzene rings is 2. The van der Waals surface area contributed by atoms with E-state index < -0.39 is 0 Å². The van der Waals surface area contributed by atoms with Gasteiger partial charge in [0.15, 0.2) is 5.82 Å². The number of nitrogens with zero attached hydrogens (tertiary/aromatic N) is 3. The van der Waals surface area contributed by atoms with Crippen LogP contribution in [-0.4, -0.2) is 33.5 Å². The van der Waals surface area contributed by atoms with Crippen LogP contribution in [0.4, 0.5) is 5.82 Å². The number of imidazole rings is 1.